The number of methoxy groups -OCH3 is 2. The molecule has 26 heavy (non-hydrogen) atoms. The van der Waals surface area contributed by atoms with Gasteiger partial charge in [-0.3, -0.25) is 8.37 Å². The van der Waals surface area contributed by atoms with Crippen LogP contribution < -0.4 is 9.47 Å². The molecule has 10 heteroatoms. The molecule has 0 saturated carbocycles. The van der Waals surface area contributed by atoms with Gasteiger partial charge >= 0.3 is 0 Å². The van der Waals surface area contributed by atoms with Crippen molar-refractivity contribution in [2.45, 2.75) is 9.79 Å². The molecule has 0 spiro atoms. The SMILES string of the molecule is COc1ccc(S(=O)(=O)OCCOS(=O)(=O)c2ccc(OC)cc2)cc1. The van der Waals surface area contributed by atoms with Crippen molar-refractivity contribution >= 4 is 20.2 Å². The molecule has 0 unspecified atom stereocenters. The Labute approximate surface area is 152 Å². The van der Waals surface area contributed by atoms with Crippen LogP contribution in [0.25, 0.3) is 0 Å². The first-order chi connectivity index (χ1) is 12.3. The second-order valence-electron chi connectivity index (χ2n) is 4.90. The van der Waals surface area contributed by atoms with Crippen LogP contribution in [0.3, 0.4) is 0 Å². The summed E-state index contributed by atoms with van der Waals surface area (Å²) in [5.41, 5.74) is 0. The van der Waals surface area contributed by atoms with E-state index >= 15 is 0 Å². The molecule has 142 valence electrons. The molecule has 0 saturated heterocycles. The second-order valence-corrected chi connectivity index (χ2v) is 8.13. The molecule has 0 fully saturated rings. The molecule has 0 amide bonds. The van der Waals surface area contributed by atoms with E-state index in [4.69, 9.17) is 17.8 Å². The Morgan fingerprint density at radius 2 is 0.923 bits per heavy atom. The third-order valence-corrected chi connectivity index (χ3v) is 5.91. The fraction of sp³-hybridized carbons (Fsp3) is 0.250. The van der Waals surface area contributed by atoms with Crippen molar-refractivity contribution in [3.8, 4) is 11.5 Å². The first-order valence-electron chi connectivity index (χ1n) is 7.35. The summed E-state index contributed by atoms with van der Waals surface area (Å²) in [6.07, 6.45) is 0. The highest BCUT2D eigenvalue weighted by molar-refractivity contribution is 7.87. The van der Waals surface area contributed by atoms with Crippen molar-refractivity contribution in [3.05, 3.63) is 48.5 Å². The van der Waals surface area contributed by atoms with Gasteiger partial charge in [-0.2, -0.15) is 16.8 Å². The van der Waals surface area contributed by atoms with Crippen LogP contribution >= 0.6 is 0 Å². The fourth-order valence-electron chi connectivity index (χ4n) is 1.91. The van der Waals surface area contributed by atoms with Crippen molar-refractivity contribution < 1.29 is 34.7 Å². The van der Waals surface area contributed by atoms with E-state index in [0.29, 0.717) is 11.5 Å². The molecule has 2 aromatic carbocycles. The fourth-order valence-corrected chi connectivity index (χ4v) is 3.69. The van der Waals surface area contributed by atoms with E-state index in [2.05, 4.69) is 0 Å². The highest BCUT2D eigenvalue weighted by Gasteiger charge is 2.18. The summed E-state index contributed by atoms with van der Waals surface area (Å²) >= 11 is 0. The predicted octanol–water partition coefficient (Wildman–Crippen LogP) is 1.81. The highest BCUT2D eigenvalue weighted by atomic mass is 32.2. The maximum Gasteiger partial charge on any atom is 0.297 e. The lowest BCUT2D eigenvalue weighted by Gasteiger charge is -2.08. The molecule has 0 N–H and O–H groups in total. The largest absolute Gasteiger partial charge is 0.497 e. The van der Waals surface area contributed by atoms with Crippen LogP contribution in [0, 0.1) is 0 Å². The van der Waals surface area contributed by atoms with Crippen LogP contribution in [-0.4, -0.2) is 44.3 Å². The molecule has 0 aliphatic rings. The van der Waals surface area contributed by atoms with E-state index in [9.17, 15) is 16.8 Å². The van der Waals surface area contributed by atoms with E-state index < -0.39 is 33.5 Å². The van der Waals surface area contributed by atoms with Crippen LogP contribution in [0.4, 0.5) is 0 Å². The number of hydrogen-bond acceptors (Lipinski definition) is 8. The highest BCUT2D eigenvalue weighted by Crippen LogP contribution is 2.19. The van der Waals surface area contributed by atoms with Gasteiger partial charge in [0.05, 0.1) is 37.2 Å². The van der Waals surface area contributed by atoms with E-state index in [0.717, 1.165) is 0 Å². The average molecular weight is 402 g/mol. The Hall–Kier alpha value is -2.14. The zero-order valence-electron chi connectivity index (χ0n) is 14.1. The number of ether oxygens (including phenoxy) is 2. The maximum atomic E-state index is 12.0. The lowest BCUT2D eigenvalue weighted by Crippen LogP contribution is -2.15. The van der Waals surface area contributed by atoms with Crippen LogP contribution in [0.5, 0.6) is 11.5 Å². The summed E-state index contributed by atoms with van der Waals surface area (Å²) in [6, 6.07) is 11.2. The van der Waals surface area contributed by atoms with Crippen LogP contribution in [0.2, 0.25) is 0 Å². The Morgan fingerprint density at radius 1 is 0.615 bits per heavy atom. The van der Waals surface area contributed by atoms with E-state index in [1.165, 1.54) is 62.8 Å². The third-order valence-electron chi connectivity index (χ3n) is 3.26. The van der Waals surface area contributed by atoms with Gasteiger partial charge in [0, 0.05) is 0 Å². The summed E-state index contributed by atoms with van der Waals surface area (Å²) in [5.74, 6) is 0.996. The minimum Gasteiger partial charge on any atom is -0.497 e. The Morgan fingerprint density at radius 3 is 1.19 bits per heavy atom. The Kier molecular flexibility index (Phi) is 6.59. The van der Waals surface area contributed by atoms with Crippen LogP contribution in [0.1, 0.15) is 0 Å². The minimum absolute atomic E-state index is 0.0729. The molecular weight excluding hydrogens is 384 g/mol. The molecule has 0 atom stereocenters. The standard InChI is InChI=1S/C16H18O8S2/c1-21-13-3-7-15(8-4-13)25(17,18)23-11-12-24-26(19,20)16-9-5-14(22-2)6-10-16/h3-10H,11-12H2,1-2H3. The van der Waals surface area contributed by atoms with Gasteiger partial charge in [0.25, 0.3) is 20.2 Å². The summed E-state index contributed by atoms with van der Waals surface area (Å²) in [6.45, 7) is -0.909. The van der Waals surface area contributed by atoms with Gasteiger partial charge in [-0.25, -0.2) is 0 Å². The monoisotopic (exact) mass is 402 g/mol. The number of rotatable bonds is 9. The van der Waals surface area contributed by atoms with Gasteiger partial charge in [-0.15, -0.1) is 0 Å². The molecule has 0 aliphatic heterocycles. The van der Waals surface area contributed by atoms with Crippen molar-refractivity contribution in [2.75, 3.05) is 27.4 Å². The molecule has 0 aromatic heterocycles. The van der Waals surface area contributed by atoms with Crippen LogP contribution in [0.15, 0.2) is 58.3 Å². The van der Waals surface area contributed by atoms with Gasteiger partial charge in [-0.1, -0.05) is 0 Å². The summed E-state index contributed by atoms with van der Waals surface area (Å²) in [7, 11) is -5.13. The Bertz CT molecular complexity index is 838. The lowest BCUT2D eigenvalue weighted by atomic mass is 10.3. The normalized spacial score (nSPS) is 11.9. The smallest absolute Gasteiger partial charge is 0.297 e. The average Bonchev–Trinajstić information content (AvgIpc) is 2.65. The summed E-state index contributed by atoms with van der Waals surface area (Å²) < 4.78 is 67.5. The summed E-state index contributed by atoms with van der Waals surface area (Å²) in [4.78, 5) is -0.146. The molecule has 0 bridgehead atoms. The molecule has 0 aliphatic carbocycles. The van der Waals surface area contributed by atoms with Crippen molar-refractivity contribution in [2.24, 2.45) is 0 Å². The number of benzene rings is 2. The molecule has 0 radical (unpaired) electrons. The third kappa shape index (κ3) is 5.18. The molecule has 0 heterocycles. The maximum absolute atomic E-state index is 12.0. The van der Waals surface area contributed by atoms with Gasteiger partial charge in [0.1, 0.15) is 11.5 Å². The first-order valence-corrected chi connectivity index (χ1v) is 10.2. The van der Waals surface area contributed by atoms with Crippen molar-refractivity contribution in [3.63, 3.8) is 0 Å². The zero-order valence-corrected chi connectivity index (χ0v) is 15.7. The number of hydrogen-bond donors (Lipinski definition) is 0. The van der Waals surface area contributed by atoms with Gasteiger partial charge < -0.3 is 9.47 Å². The minimum atomic E-state index is -4.02. The van der Waals surface area contributed by atoms with E-state index in [1.807, 2.05) is 0 Å². The molecule has 8 nitrogen and oxygen atoms in total. The Balaban J connectivity index is 1.91. The quantitative estimate of drug-likeness (QED) is 0.462. The molecule has 2 rings (SSSR count). The molecular formula is C16H18O8S2. The zero-order chi connectivity index (χ0) is 19.2. The molecule has 2 aromatic rings. The van der Waals surface area contributed by atoms with E-state index in [-0.39, 0.29) is 9.79 Å². The van der Waals surface area contributed by atoms with Gasteiger partial charge in [0.15, 0.2) is 0 Å². The first kappa shape index (κ1) is 20.2. The van der Waals surface area contributed by atoms with Crippen molar-refractivity contribution in [1.29, 1.82) is 0 Å². The topological polar surface area (TPSA) is 105 Å². The summed E-state index contributed by atoms with van der Waals surface area (Å²) in [5, 5.41) is 0. The van der Waals surface area contributed by atoms with E-state index in [1.54, 1.807) is 0 Å². The van der Waals surface area contributed by atoms with Crippen LogP contribution in [-0.2, 0) is 28.6 Å². The van der Waals surface area contributed by atoms with Crippen molar-refractivity contribution in [1.82, 2.24) is 0 Å². The van der Waals surface area contributed by atoms with Gasteiger partial charge in [-0.05, 0) is 48.5 Å². The van der Waals surface area contributed by atoms with Gasteiger partial charge in [0.2, 0.25) is 0 Å². The predicted molar refractivity (Wildman–Crippen MR) is 92.3 cm³/mol. The lowest BCUT2D eigenvalue weighted by molar-refractivity contribution is 0.224. The second kappa shape index (κ2) is 8.49.